The molecule has 0 fully saturated rings. The monoisotopic (exact) mass is 164 g/mol. The highest BCUT2D eigenvalue weighted by atomic mass is 19.3. The number of carboxylic acid groups (broad SMARTS) is 1. The maximum Gasteiger partial charge on any atom is 0.331 e. The van der Waals surface area contributed by atoms with E-state index in [9.17, 15) is 13.6 Å². The highest BCUT2D eigenvalue weighted by Crippen LogP contribution is 2.20. The molecule has 0 saturated carbocycles. The first-order valence-electron chi connectivity index (χ1n) is 3.19. The number of allylic oxidation sites excluding steroid dienone is 1. The summed E-state index contributed by atoms with van der Waals surface area (Å²) >= 11 is 0. The first-order chi connectivity index (χ1) is 4.89. The van der Waals surface area contributed by atoms with Crippen molar-refractivity contribution < 1.29 is 18.7 Å². The van der Waals surface area contributed by atoms with Crippen molar-refractivity contribution in [1.82, 2.24) is 0 Å². The maximum absolute atomic E-state index is 12.4. The molecule has 4 heteroatoms. The second-order valence-corrected chi connectivity index (χ2v) is 2.25. The fourth-order valence-electron chi connectivity index (χ4n) is 0.481. The number of hydrogen-bond donors (Lipinski definition) is 1. The third-order valence-corrected chi connectivity index (χ3v) is 1.24. The predicted octanol–water partition coefficient (Wildman–Crippen LogP) is 2.06. The molecule has 64 valence electrons. The molecular weight excluding hydrogens is 154 g/mol. The number of aliphatic carboxylic acids is 1. The fourth-order valence-corrected chi connectivity index (χ4v) is 0.481. The van der Waals surface area contributed by atoms with Crippen LogP contribution in [0.4, 0.5) is 8.78 Å². The minimum absolute atomic E-state index is 0.322. The summed E-state index contributed by atoms with van der Waals surface area (Å²) in [6, 6.07) is 0. The van der Waals surface area contributed by atoms with Gasteiger partial charge in [-0.05, 0) is 13.0 Å². The summed E-state index contributed by atoms with van der Waals surface area (Å²) in [6.45, 7) is 2.44. The summed E-state index contributed by atoms with van der Waals surface area (Å²) < 4.78 is 24.8. The fraction of sp³-hybridized carbons (Fsp3) is 0.571. The highest BCUT2D eigenvalue weighted by Gasteiger charge is 2.23. The van der Waals surface area contributed by atoms with Gasteiger partial charge in [0.05, 0.1) is 0 Å². The van der Waals surface area contributed by atoms with Crippen LogP contribution < -0.4 is 0 Å². The maximum atomic E-state index is 12.4. The van der Waals surface area contributed by atoms with Crippen molar-refractivity contribution in [1.29, 1.82) is 0 Å². The molecule has 0 unspecified atom stereocenters. The third-order valence-electron chi connectivity index (χ3n) is 1.24. The molecule has 0 heterocycles. The van der Waals surface area contributed by atoms with E-state index in [2.05, 4.69) is 0 Å². The lowest BCUT2D eigenvalue weighted by atomic mass is 10.2. The van der Waals surface area contributed by atoms with E-state index in [-0.39, 0.29) is 12.0 Å². The number of carbonyl (C=O) groups is 1. The summed E-state index contributed by atoms with van der Waals surface area (Å²) in [5.74, 6) is -4.30. The van der Waals surface area contributed by atoms with Crippen LogP contribution in [-0.2, 0) is 4.79 Å². The van der Waals surface area contributed by atoms with E-state index in [4.69, 9.17) is 5.11 Å². The molecule has 0 atom stereocenters. The average molecular weight is 164 g/mol. The number of halogens is 2. The molecule has 0 aromatic heterocycles. The van der Waals surface area contributed by atoms with Crippen LogP contribution in [0.25, 0.3) is 0 Å². The average Bonchev–Trinajstić information content (AvgIpc) is 1.87. The minimum Gasteiger partial charge on any atom is -0.478 e. The molecule has 0 aliphatic heterocycles. The Kier molecular flexibility index (Phi) is 3.17. The predicted molar refractivity (Wildman–Crippen MR) is 36.6 cm³/mol. The number of alkyl halides is 2. The Labute approximate surface area is 63.5 Å². The molecule has 0 radical (unpaired) electrons. The largest absolute Gasteiger partial charge is 0.478 e. The molecule has 1 N–H and O–H groups in total. The summed E-state index contributed by atoms with van der Waals surface area (Å²) in [5, 5.41) is 8.24. The molecule has 0 aliphatic carbocycles. The second-order valence-electron chi connectivity index (χ2n) is 2.25. The van der Waals surface area contributed by atoms with Crippen LogP contribution in [0.5, 0.6) is 0 Å². The molecule has 0 aromatic rings. The van der Waals surface area contributed by atoms with Crippen molar-refractivity contribution in [3.05, 3.63) is 11.6 Å². The first kappa shape index (κ1) is 10.1. The van der Waals surface area contributed by atoms with Crippen molar-refractivity contribution in [3.8, 4) is 0 Å². The Morgan fingerprint density at radius 1 is 1.64 bits per heavy atom. The number of carboxylic acids is 1. The van der Waals surface area contributed by atoms with Gasteiger partial charge in [-0.2, -0.15) is 0 Å². The van der Waals surface area contributed by atoms with Gasteiger partial charge < -0.3 is 5.11 Å². The van der Waals surface area contributed by atoms with Gasteiger partial charge in [0.15, 0.2) is 0 Å². The summed E-state index contributed by atoms with van der Waals surface area (Å²) in [5.41, 5.74) is -0.322. The lowest BCUT2D eigenvalue weighted by molar-refractivity contribution is -0.132. The zero-order chi connectivity index (χ0) is 9.07. The Morgan fingerprint density at radius 2 is 2.09 bits per heavy atom. The Hall–Kier alpha value is -0.930. The lowest BCUT2D eigenvalue weighted by Gasteiger charge is -2.07. The molecule has 0 amide bonds. The van der Waals surface area contributed by atoms with Crippen LogP contribution >= 0.6 is 0 Å². The molecular formula is C7H10F2O2. The van der Waals surface area contributed by atoms with Gasteiger partial charge in [-0.25, -0.2) is 13.6 Å². The van der Waals surface area contributed by atoms with E-state index < -0.39 is 11.9 Å². The molecule has 0 spiro atoms. The molecule has 0 aromatic carbocycles. The smallest absolute Gasteiger partial charge is 0.331 e. The van der Waals surface area contributed by atoms with Gasteiger partial charge >= 0.3 is 5.97 Å². The molecule has 11 heavy (non-hydrogen) atoms. The van der Waals surface area contributed by atoms with Crippen LogP contribution in [0.15, 0.2) is 11.6 Å². The highest BCUT2D eigenvalue weighted by molar-refractivity contribution is 5.85. The van der Waals surface area contributed by atoms with Gasteiger partial charge in [0.2, 0.25) is 0 Å². The SMILES string of the molecule is CCC(F)(F)/C=C(\C)C(=O)O. The van der Waals surface area contributed by atoms with Gasteiger partial charge in [0.1, 0.15) is 0 Å². The molecule has 2 nitrogen and oxygen atoms in total. The van der Waals surface area contributed by atoms with E-state index >= 15 is 0 Å². The van der Waals surface area contributed by atoms with Crippen LogP contribution in [0.1, 0.15) is 20.3 Å². The van der Waals surface area contributed by atoms with Gasteiger partial charge in [-0.1, -0.05) is 6.92 Å². The van der Waals surface area contributed by atoms with E-state index in [1.165, 1.54) is 6.92 Å². The third kappa shape index (κ3) is 3.70. The second kappa shape index (κ2) is 3.46. The lowest BCUT2D eigenvalue weighted by Crippen LogP contribution is -2.12. The van der Waals surface area contributed by atoms with E-state index in [0.29, 0.717) is 6.08 Å². The summed E-state index contributed by atoms with van der Waals surface area (Å²) in [4.78, 5) is 10.1. The topological polar surface area (TPSA) is 37.3 Å². The van der Waals surface area contributed by atoms with Gasteiger partial charge in [0.25, 0.3) is 5.92 Å². The van der Waals surface area contributed by atoms with Crippen molar-refractivity contribution in [3.63, 3.8) is 0 Å². The molecule has 0 rings (SSSR count). The Morgan fingerprint density at radius 3 is 2.36 bits per heavy atom. The zero-order valence-electron chi connectivity index (χ0n) is 6.40. The van der Waals surface area contributed by atoms with Crippen molar-refractivity contribution in [2.75, 3.05) is 0 Å². The van der Waals surface area contributed by atoms with Gasteiger partial charge in [-0.15, -0.1) is 0 Å². The van der Waals surface area contributed by atoms with Gasteiger partial charge in [0, 0.05) is 12.0 Å². The van der Waals surface area contributed by atoms with Crippen LogP contribution in [-0.4, -0.2) is 17.0 Å². The minimum atomic E-state index is -3.00. The summed E-state index contributed by atoms with van der Waals surface area (Å²) in [6.07, 6.45) is 0.0902. The molecule has 0 bridgehead atoms. The molecule has 0 aliphatic rings. The Bertz CT molecular complexity index is 185. The Balaban J connectivity index is 4.41. The van der Waals surface area contributed by atoms with E-state index in [0.717, 1.165) is 6.92 Å². The van der Waals surface area contributed by atoms with E-state index in [1.54, 1.807) is 0 Å². The van der Waals surface area contributed by atoms with Crippen LogP contribution in [0.2, 0.25) is 0 Å². The van der Waals surface area contributed by atoms with E-state index in [1.807, 2.05) is 0 Å². The van der Waals surface area contributed by atoms with Crippen molar-refractivity contribution >= 4 is 5.97 Å². The van der Waals surface area contributed by atoms with Crippen LogP contribution in [0.3, 0.4) is 0 Å². The zero-order valence-corrected chi connectivity index (χ0v) is 6.40. The quantitative estimate of drug-likeness (QED) is 0.648. The van der Waals surface area contributed by atoms with Crippen molar-refractivity contribution in [2.24, 2.45) is 0 Å². The number of rotatable bonds is 3. The first-order valence-corrected chi connectivity index (χ1v) is 3.19. The normalized spacial score (nSPS) is 13.3. The summed E-state index contributed by atoms with van der Waals surface area (Å²) in [7, 11) is 0. The number of hydrogen-bond acceptors (Lipinski definition) is 1. The molecule has 0 saturated heterocycles. The standard InChI is InChI=1S/C7H10F2O2/c1-3-7(8,9)4-5(2)6(10)11/h4H,3H2,1-2H3,(H,10,11)/b5-4+. The van der Waals surface area contributed by atoms with Gasteiger partial charge in [-0.3, -0.25) is 0 Å². The van der Waals surface area contributed by atoms with Crippen molar-refractivity contribution in [2.45, 2.75) is 26.2 Å². The van der Waals surface area contributed by atoms with Crippen LogP contribution in [0, 0.1) is 0 Å².